The lowest BCUT2D eigenvalue weighted by molar-refractivity contribution is -0.385. The Morgan fingerprint density at radius 1 is 1.29 bits per heavy atom. The van der Waals surface area contributed by atoms with Gasteiger partial charge in [-0.25, -0.2) is 9.48 Å². The predicted molar refractivity (Wildman–Crippen MR) is 62.2 cm³/mol. The first-order chi connectivity index (χ1) is 9.70. The Kier molecular flexibility index (Phi) is 3.37. The van der Waals surface area contributed by atoms with E-state index in [2.05, 4.69) is 5.10 Å². The summed E-state index contributed by atoms with van der Waals surface area (Å²) < 4.78 is 38.1. The highest BCUT2D eigenvalue weighted by Crippen LogP contribution is 2.30. The molecule has 0 radical (unpaired) electrons. The lowest BCUT2D eigenvalue weighted by Gasteiger charge is -2.07. The molecule has 0 fully saturated rings. The second kappa shape index (κ2) is 4.89. The van der Waals surface area contributed by atoms with Crippen molar-refractivity contribution in [3.63, 3.8) is 0 Å². The van der Waals surface area contributed by atoms with Gasteiger partial charge in [-0.15, -0.1) is 0 Å². The van der Waals surface area contributed by atoms with E-state index in [9.17, 15) is 28.1 Å². The molecule has 10 heteroatoms. The van der Waals surface area contributed by atoms with Gasteiger partial charge in [0.15, 0.2) is 0 Å². The average Bonchev–Trinajstić information content (AvgIpc) is 2.83. The minimum Gasteiger partial charge on any atom is -0.476 e. The Morgan fingerprint density at radius 3 is 2.24 bits per heavy atom. The van der Waals surface area contributed by atoms with E-state index in [0.717, 1.165) is 35.1 Å². The Morgan fingerprint density at radius 2 is 1.86 bits per heavy atom. The Labute approximate surface area is 114 Å². The predicted octanol–water partition coefficient (Wildman–Crippen LogP) is 2.50. The van der Waals surface area contributed by atoms with Gasteiger partial charge in [-0.1, -0.05) is 0 Å². The van der Waals surface area contributed by atoms with Crippen LogP contribution in [0.5, 0.6) is 0 Å². The topological polar surface area (TPSA) is 98.3 Å². The van der Waals surface area contributed by atoms with E-state index in [1.165, 1.54) is 0 Å². The molecule has 0 aliphatic rings. The molecular weight excluding hydrogens is 295 g/mol. The third kappa shape index (κ3) is 2.83. The maximum atomic E-state index is 12.4. The second-order valence-electron chi connectivity index (χ2n) is 3.91. The molecule has 2 aromatic rings. The van der Waals surface area contributed by atoms with Crippen LogP contribution in [0.4, 0.5) is 18.9 Å². The monoisotopic (exact) mass is 301 g/mol. The highest BCUT2D eigenvalue weighted by atomic mass is 19.4. The lowest BCUT2D eigenvalue weighted by atomic mass is 10.2. The summed E-state index contributed by atoms with van der Waals surface area (Å²) in [5, 5.41) is 23.0. The minimum atomic E-state index is -4.51. The van der Waals surface area contributed by atoms with Crippen molar-refractivity contribution in [3.05, 3.63) is 51.8 Å². The smallest absolute Gasteiger partial charge is 0.416 e. The van der Waals surface area contributed by atoms with Gasteiger partial charge in [0, 0.05) is 0 Å². The fourth-order valence-corrected chi connectivity index (χ4v) is 1.59. The molecule has 0 atom stereocenters. The van der Waals surface area contributed by atoms with Gasteiger partial charge in [0.25, 0.3) is 0 Å². The third-order valence-corrected chi connectivity index (χ3v) is 2.55. The molecule has 2 rings (SSSR count). The highest BCUT2D eigenvalue weighted by molar-refractivity contribution is 5.89. The number of alkyl halides is 3. The Hall–Kier alpha value is -2.91. The van der Waals surface area contributed by atoms with Crippen LogP contribution in [0.1, 0.15) is 16.1 Å². The SMILES string of the molecule is O=C(O)c1nn(-c2ccc(C(F)(F)F)cc2)cc1[N+](=O)[O-]. The number of aromatic nitrogens is 2. The number of rotatable bonds is 3. The summed E-state index contributed by atoms with van der Waals surface area (Å²) in [5.41, 5.74) is -2.37. The molecule has 1 aromatic heterocycles. The summed E-state index contributed by atoms with van der Waals surface area (Å²) in [6.45, 7) is 0. The van der Waals surface area contributed by atoms with Crippen molar-refractivity contribution in [1.82, 2.24) is 9.78 Å². The van der Waals surface area contributed by atoms with E-state index >= 15 is 0 Å². The van der Waals surface area contributed by atoms with Gasteiger partial charge < -0.3 is 5.11 Å². The summed E-state index contributed by atoms with van der Waals surface area (Å²) in [5.74, 6) is -1.60. The largest absolute Gasteiger partial charge is 0.476 e. The normalized spacial score (nSPS) is 11.4. The van der Waals surface area contributed by atoms with Crippen molar-refractivity contribution in [3.8, 4) is 5.69 Å². The lowest BCUT2D eigenvalue weighted by Crippen LogP contribution is -2.05. The third-order valence-electron chi connectivity index (χ3n) is 2.55. The molecular formula is C11H6F3N3O4. The summed E-state index contributed by atoms with van der Waals surface area (Å²) in [6, 6.07) is 3.60. The van der Waals surface area contributed by atoms with Crippen LogP contribution in [0, 0.1) is 10.1 Å². The zero-order valence-electron chi connectivity index (χ0n) is 10.0. The van der Waals surface area contributed by atoms with Crippen LogP contribution in [-0.4, -0.2) is 25.8 Å². The van der Waals surface area contributed by atoms with Crippen LogP contribution in [0.15, 0.2) is 30.5 Å². The molecule has 1 N–H and O–H groups in total. The summed E-state index contributed by atoms with van der Waals surface area (Å²) in [7, 11) is 0. The van der Waals surface area contributed by atoms with E-state index in [4.69, 9.17) is 5.11 Å². The number of aromatic carboxylic acids is 1. The summed E-state index contributed by atoms with van der Waals surface area (Å²) in [4.78, 5) is 20.6. The van der Waals surface area contributed by atoms with E-state index < -0.39 is 34.0 Å². The van der Waals surface area contributed by atoms with Crippen molar-refractivity contribution in [2.24, 2.45) is 0 Å². The number of carboxylic acid groups (broad SMARTS) is 1. The number of nitrogens with zero attached hydrogens (tertiary/aromatic N) is 3. The van der Waals surface area contributed by atoms with Crippen LogP contribution in [0.2, 0.25) is 0 Å². The quantitative estimate of drug-likeness (QED) is 0.693. The summed E-state index contributed by atoms with van der Waals surface area (Å²) >= 11 is 0. The van der Waals surface area contributed by atoms with Crippen LogP contribution in [0.3, 0.4) is 0 Å². The standard InChI is InChI=1S/C11H6F3N3O4/c12-11(13,14)6-1-3-7(4-2-6)16-5-8(17(20)21)9(15-16)10(18)19/h1-5H,(H,18,19). The number of benzene rings is 1. The van der Waals surface area contributed by atoms with E-state index in [-0.39, 0.29) is 5.69 Å². The molecule has 0 saturated carbocycles. The van der Waals surface area contributed by atoms with Gasteiger partial charge in [0.1, 0.15) is 6.20 Å². The second-order valence-corrected chi connectivity index (χ2v) is 3.91. The molecule has 110 valence electrons. The van der Waals surface area contributed by atoms with Gasteiger partial charge in [0.2, 0.25) is 5.69 Å². The first kappa shape index (κ1) is 14.5. The van der Waals surface area contributed by atoms with E-state index in [1.54, 1.807) is 0 Å². The van der Waals surface area contributed by atoms with Crippen molar-refractivity contribution in [2.75, 3.05) is 0 Å². The maximum absolute atomic E-state index is 12.4. The van der Waals surface area contributed by atoms with Crippen LogP contribution < -0.4 is 0 Å². The first-order valence-corrected chi connectivity index (χ1v) is 5.35. The Bertz CT molecular complexity index is 675. The number of hydrogen-bond donors (Lipinski definition) is 1. The zero-order chi connectivity index (χ0) is 15.8. The van der Waals surface area contributed by atoms with E-state index in [0.29, 0.717) is 0 Å². The van der Waals surface area contributed by atoms with Crippen LogP contribution >= 0.6 is 0 Å². The molecule has 21 heavy (non-hydrogen) atoms. The van der Waals surface area contributed by atoms with Crippen molar-refractivity contribution < 1.29 is 28.0 Å². The van der Waals surface area contributed by atoms with Crippen molar-refractivity contribution >= 4 is 11.7 Å². The number of carbonyl (C=O) groups is 1. The molecule has 1 aromatic carbocycles. The molecule has 0 aliphatic carbocycles. The first-order valence-electron chi connectivity index (χ1n) is 5.35. The molecule has 0 saturated heterocycles. The molecule has 1 heterocycles. The molecule has 0 amide bonds. The van der Waals surface area contributed by atoms with Crippen LogP contribution in [-0.2, 0) is 6.18 Å². The van der Waals surface area contributed by atoms with Gasteiger partial charge in [0.05, 0.1) is 16.2 Å². The number of nitro groups is 1. The average molecular weight is 301 g/mol. The molecule has 7 nitrogen and oxygen atoms in total. The Balaban J connectivity index is 2.45. The van der Waals surface area contributed by atoms with Gasteiger partial charge in [-0.05, 0) is 24.3 Å². The minimum absolute atomic E-state index is 0.0681. The molecule has 0 spiro atoms. The number of hydrogen-bond acceptors (Lipinski definition) is 4. The number of carboxylic acids is 1. The van der Waals surface area contributed by atoms with Gasteiger partial charge in [-0.3, -0.25) is 10.1 Å². The van der Waals surface area contributed by atoms with Gasteiger partial charge in [-0.2, -0.15) is 18.3 Å². The fourth-order valence-electron chi connectivity index (χ4n) is 1.59. The molecule has 0 bridgehead atoms. The zero-order valence-corrected chi connectivity index (χ0v) is 10.0. The number of halogens is 3. The van der Waals surface area contributed by atoms with Gasteiger partial charge >= 0.3 is 17.8 Å². The van der Waals surface area contributed by atoms with Crippen molar-refractivity contribution in [1.29, 1.82) is 0 Å². The molecule has 0 aliphatic heterocycles. The fraction of sp³-hybridized carbons (Fsp3) is 0.0909. The summed E-state index contributed by atoms with van der Waals surface area (Å²) in [6.07, 6.45) is -3.69. The maximum Gasteiger partial charge on any atom is 0.416 e. The molecule has 0 unspecified atom stereocenters. The van der Waals surface area contributed by atoms with Crippen molar-refractivity contribution in [2.45, 2.75) is 6.18 Å². The van der Waals surface area contributed by atoms with Crippen LogP contribution in [0.25, 0.3) is 5.69 Å². The highest BCUT2D eigenvalue weighted by Gasteiger charge is 2.30. The van der Waals surface area contributed by atoms with E-state index in [1.807, 2.05) is 0 Å².